The van der Waals surface area contributed by atoms with E-state index >= 15 is 0 Å². The van der Waals surface area contributed by atoms with Crippen molar-refractivity contribution in [3.63, 3.8) is 0 Å². The Bertz CT molecular complexity index is 228. The number of hydrazone groups is 1. The number of aliphatic hydroxyl groups excluding tert-OH is 1. The highest BCUT2D eigenvalue weighted by atomic mass is 16.3. The van der Waals surface area contributed by atoms with Crippen molar-refractivity contribution < 1.29 is 5.11 Å². The fraction of sp³-hybridized carbons (Fsp3) is 0.583. The number of hydrogen-bond donors (Lipinski definition) is 2. The summed E-state index contributed by atoms with van der Waals surface area (Å²) in [5.74, 6) is 5.06. The van der Waals surface area contributed by atoms with Crippen LogP contribution in [0.1, 0.15) is 41.0 Å². The van der Waals surface area contributed by atoms with Crippen molar-refractivity contribution in [2.75, 3.05) is 0 Å². The van der Waals surface area contributed by atoms with E-state index in [-0.39, 0.29) is 0 Å². The van der Waals surface area contributed by atoms with Crippen LogP contribution >= 0.6 is 0 Å². The van der Waals surface area contributed by atoms with Crippen molar-refractivity contribution in [2.24, 2.45) is 10.9 Å². The van der Waals surface area contributed by atoms with E-state index < -0.39 is 6.10 Å². The van der Waals surface area contributed by atoms with Gasteiger partial charge in [-0.15, -0.1) is 0 Å². The van der Waals surface area contributed by atoms with Gasteiger partial charge in [0.05, 0.1) is 6.10 Å². The Labute approximate surface area is 93.4 Å². The normalized spacial score (nSPS) is 14.8. The van der Waals surface area contributed by atoms with E-state index in [0.29, 0.717) is 0 Å². The zero-order chi connectivity index (χ0) is 12.3. The number of nitrogens with zero attached hydrogens (tertiary/aromatic N) is 1. The molecule has 0 aromatic carbocycles. The summed E-state index contributed by atoms with van der Waals surface area (Å²) in [6.45, 7) is 9.72. The number of aliphatic hydroxyl groups is 1. The maximum absolute atomic E-state index is 9.02. The summed E-state index contributed by atoms with van der Waals surface area (Å²) in [6.07, 6.45) is 5.72. The van der Waals surface area contributed by atoms with Gasteiger partial charge in [-0.3, -0.25) is 0 Å². The quantitative estimate of drug-likeness (QED) is 0.326. The van der Waals surface area contributed by atoms with Gasteiger partial charge in [0, 0.05) is 6.21 Å². The minimum absolute atomic E-state index is 0.414. The third-order valence-electron chi connectivity index (χ3n) is 1.74. The highest BCUT2D eigenvalue weighted by Gasteiger charge is 1.94. The topological polar surface area (TPSA) is 58.6 Å². The predicted octanol–water partition coefficient (Wildman–Crippen LogP) is 2.62. The first kappa shape index (κ1) is 16.3. The van der Waals surface area contributed by atoms with Crippen molar-refractivity contribution >= 4 is 6.21 Å². The Balaban J connectivity index is 0. The average Bonchev–Trinajstić information content (AvgIpc) is 2.25. The average molecular weight is 212 g/mol. The van der Waals surface area contributed by atoms with Gasteiger partial charge in [0.1, 0.15) is 0 Å². The van der Waals surface area contributed by atoms with Crippen molar-refractivity contribution in [3.8, 4) is 0 Å². The number of hydrogen-bond acceptors (Lipinski definition) is 3. The van der Waals surface area contributed by atoms with Gasteiger partial charge >= 0.3 is 0 Å². The van der Waals surface area contributed by atoms with Crippen LogP contribution in [-0.2, 0) is 0 Å². The van der Waals surface area contributed by atoms with Gasteiger partial charge in [-0.25, -0.2) is 0 Å². The fourth-order valence-electron chi connectivity index (χ4n) is 0.953. The molecule has 0 bridgehead atoms. The lowest BCUT2D eigenvalue weighted by atomic mass is 10.1. The molecular weight excluding hydrogens is 188 g/mol. The van der Waals surface area contributed by atoms with Crippen LogP contribution in [0.25, 0.3) is 0 Å². The van der Waals surface area contributed by atoms with Crippen LogP contribution in [0.5, 0.6) is 0 Å². The summed E-state index contributed by atoms with van der Waals surface area (Å²) in [6, 6.07) is 0. The minimum atomic E-state index is -0.414. The number of rotatable bonds is 4. The molecule has 0 aliphatic carbocycles. The second kappa shape index (κ2) is 11.0. The Hall–Kier alpha value is -1.09. The zero-order valence-corrected chi connectivity index (χ0v) is 10.5. The Morgan fingerprint density at radius 1 is 1.47 bits per heavy atom. The second-order valence-corrected chi connectivity index (χ2v) is 2.94. The highest BCUT2D eigenvalue weighted by Crippen LogP contribution is 2.07. The first-order chi connectivity index (χ1) is 7.11. The monoisotopic (exact) mass is 212 g/mol. The molecule has 0 radical (unpaired) electrons. The van der Waals surface area contributed by atoms with Crippen LogP contribution in [0.3, 0.4) is 0 Å². The van der Waals surface area contributed by atoms with Crippen molar-refractivity contribution in [2.45, 2.75) is 47.1 Å². The smallest absolute Gasteiger partial charge is 0.0695 e. The van der Waals surface area contributed by atoms with E-state index in [9.17, 15) is 0 Å². The summed E-state index contributed by atoms with van der Waals surface area (Å²) >= 11 is 0. The van der Waals surface area contributed by atoms with Crippen LogP contribution in [0.4, 0.5) is 0 Å². The van der Waals surface area contributed by atoms with Crippen LogP contribution in [0.15, 0.2) is 28.4 Å². The predicted molar refractivity (Wildman–Crippen MR) is 67.8 cm³/mol. The maximum atomic E-state index is 9.02. The fourth-order valence-corrected chi connectivity index (χ4v) is 0.953. The van der Waals surface area contributed by atoms with E-state index in [0.717, 1.165) is 17.6 Å². The van der Waals surface area contributed by atoms with Crippen molar-refractivity contribution in [3.05, 3.63) is 23.3 Å². The molecule has 3 N–H and O–H groups in total. The molecule has 3 nitrogen and oxygen atoms in total. The Morgan fingerprint density at radius 2 is 2.00 bits per heavy atom. The molecule has 88 valence electrons. The van der Waals surface area contributed by atoms with Crippen LogP contribution in [-0.4, -0.2) is 17.4 Å². The molecule has 0 aromatic rings. The lowest BCUT2D eigenvalue weighted by molar-refractivity contribution is 0.244. The summed E-state index contributed by atoms with van der Waals surface area (Å²) in [4.78, 5) is 0. The third kappa shape index (κ3) is 9.22. The molecule has 0 heterocycles. The molecule has 1 unspecified atom stereocenters. The van der Waals surface area contributed by atoms with Gasteiger partial charge in [-0.1, -0.05) is 32.9 Å². The number of allylic oxidation sites excluding steroid dienone is 3. The van der Waals surface area contributed by atoms with Gasteiger partial charge in [-0.2, -0.15) is 5.10 Å². The van der Waals surface area contributed by atoms with Crippen LogP contribution < -0.4 is 5.84 Å². The summed E-state index contributed by atoms with van der Waals surface area (Å²) in [7, 11) is 0. The van der Waals surface area contributed by atoms with Gasteiger partial charge in [0.25, 0.3) is 0 Å². The molecule has 0 aliphatic rings. The third-order valence-corrected chi connectivity index (χ3v) is 1.74. The van der Waals surface area contributed by atoms with E-state index in [1.54, 1.807) is 19.2 Å². The first-order valence-corrected chi connectivity index (χ1v) is 5.41. The Morgan fingerprint density at radius 3 is 2.33 bits per heavy atom. The molecule has 1 atom stereocenters. The highest BCUT2D eigenvalue weighted by molar-refractivity contribution is 5.79. The van der Waals surface area contributed by atoms with E-state index in [1.807, 2.05) is 33.8 Å². The molecule has 0 rings (SSSR count). The lowest BCUT2D eigenvalue weighted by Crippen LogP contribution is -1.94. The maximum Gasteiger partial charge on any atom is 0.0695 e. The zero-order valence-electron chi connectivity index (χ0n) is 10.5. The van der Waals surface area contributed by atoms with E-state index in [2.05, 4.69) is 5.10 Å². The SMILES string of the molecule is CC.CCC(/C=N\N)=C(C)\C=C/C(C)O. The molecule has 15 heavy (non-hydrogen) atoms. The first-order valence-electron chi connectivity index (χ1n) is 5.41. The van der Waals surface area contributed by atoms with Gasteiger partial charge in [0.15, 0.2) is 0 Å². The van der Waals surface area contributed by atoms with E-state index in [4.69, 9.17) is 10.9 Å². The minimum Gasteiger partial charge on any atom is -0.389 e. The molecular formula is C12H24N2O. The standard InChI is InChI=1S/C10H18N2O.C2H6/c1-4-10(7-12-11)8(2)5-6-9(3)13;1-2/h5-7,9,13H,4,11H2,1-3H3;1-2H3/b6-5-,10-8+,12-7-;. The summed E-state index contributed by atoms with van der Waals surface area (Å²) in [5.41, 5.74) is 2.16. The second-order valence-electron chi connectivity index (χ2n) is 2.94. The van der Waals surface area contributed by atoms with E-state index in [1.165, 1.54) is 0 Å². The molecule has 0 amide bonds. The molecule has 3 heteroatoms. The molecule has 0 fully saturated rings. The summed E-state index contributed by atoms with van der Waals surface area (Å²) < 4.78 is 0. The molecule has 0 saturated carbocycles. The van der Waals surface area contributed by atoms with Crippen LogP contribution in [0.2, 0.25) is 0 Å². The van der Waals surface area contributed by atoms with Crippen molar-refractivity contribution in [1.29, 1.82) is 0 Å². The molecule has 0 saturated heterocycles. The summed E-state index contributed by atoms with van der Waals surface area (Å²) in [5, 5.41) is 12.5. The van der Waals surface area contributed by atoms with Crippen LogP contribution in [0, 0.1) is 0 Å². The Kier molecular flexibility index (Phi) is 12.0. The molecule has 0 spiro atoms. The molecule has 0 aromatic heterocycles. The lowest BCUT2D eigenvalue weighted by Gasteiger charge is -2.00. The number of nitrogens with two attached hydrogens (primary N) is 1. The van der Waals surface area contributed by atoms with Gasteiger partial charge < -0.3 is 10.9 Å². The van der Waals surface area contributed by atoms with Crippen molar-refractivity contribution in [1.82, 2.24) is 0 Å². The van der Waals surface area contributed by atoms with Gasteiger partial charge in [0.2, 0.25) is 0 Å². The largest absolute Gasteiger partial charge is 0.389 e. The molecule has 0 aliphatic heterocycles. The van der Waals surface area contributed by atoms with Gasteiger partial charge in [-0.05, 0) is 31.4 Å².